The number of carbonyl (C=O) groups excluding carboxylic acids is 3. The third-order valence-corrected chi connectivity index (χ3v) is 6.71. The number of barbiturate groups is 1. The van der Waals surface area contributed by atoms with Gasteiger partial charge in [-0.3, -0.25) is 14.9 Å². The first-order chi connectivity index (χ1) is 16.8. The molecule has 1 heterocycles. The molecule has 1 fully saturated rings. The summed E-state index contributed by atoms with van der Waals surface area (Å²) >= 11 is 2.12. The van der Waals surface area contributed by atoms with Crippen LogP contribution >= 0.6 is 22.6 Å². The zero-order valence-corrected chi connectivity index (χ0v) is 21.3. The summed E-state index contributed by atoms with van der Waals surface area (Å²) in [5, 5.41) is 2.26. The number of rotatable bonds is 6. The predicted molar refractivity (Wildman–Crippen MR) is 140 cm³/mol. The number of nitrogens with one attached hydrogen (secondary N) is 1. The Bertz CT molecular complexity index is 1370. The van der Waals surface area contributed by atoms with Gasteiger partial charge in [-0.25, -0.2) is 14.1 Å². The van der Waals surface area contributed by atoms with E-state index in [1.807, 2.05) is 19.1 Å². The second-order valence-corrected chi connectivity index (χ2v) is 9.05. The van der Waals surface area contributed by atoms with Crippen LogP contribution in [0.15, 0.2) is 66.2 Å². The largest absolute Gasteiger partial charge is 0.496 e. The van der Waals surface area contributed by atoms with Crippen molar-refractivity contribution in [1.82, 2.24) is 5.32 Å². The summed E-state index contributed by atoms with van der Waals surface area (Å²) in [5.74, 6) is -1.28. The highest BCUT2D eigenvalue weighted by molar-refractivity contribution is 14.1. The van der Waals surface area contributed by atoms with Gasteiger partial charge >= 0.3 is 6.03 Å². The highest BCUT2D eigenvalue weighted by Crippen LogP contribution is 2.31. The van der Waals surface area contributed by atoms with E-state index in [1.54, 1.807) is 42.5 Å². The minimum absolute atomic E-state index is 0.171. The number of aryl methyl sites for hydroxylation is 1. The van der Waals surface area contributed by atoms with Crippen LogP contribution in [-0.4, -0.2) is 25.0 Å². The standard InChI is InChI=1S/C27H22FIN2O4/c1-3-17-8-5-7-11-23(17)31-26(33)20(25(32)30-27(31)34)12-16-13-22(29)19(24(14-16)35-2)15-18-9-4-6-10-21(18)28/h4-14H,3,15H2,1-2H3,(H,30,32,34)/b20-12-. The van der Waals surface area contributed by atoms with Crippen LogP contribution in [0.2, 0.25) is 0 Å². The Morgan fingerprint density at radius 1 is 1.03 bits per heavy atom. The van der Waals surface area contributed by atoms with Gasteiger partial charge in [-0.15, -0.1) is 0 Å². The van der Waals surface area contributed by atoms with Gasteiger partial charge < -0.3 is 4.74 Å². The third kappa shape index (κ3) is 4.97. The van der Waals surface area contributed by atoms with Gasteiger partial charge in [0.15, 0.2) is 0 Å². The van der Waals surface area contributed by atoms with Crippen molar-refractivity contribution in [2.75, 3.05) is 12.0 Å². The minimum atomic E-state index is -0.787. The highest BCUT2D eigenvalue weighted by Gasteiger charge is 2.37. The molecule has 0 atom stereocenters. The van der Waals surface area contributed by atoms with Crippen LogP contribution in [-0.2, 0) is 22.4 Å². The fourth-order valence-corrected chi connectivity index (χ4v) is 4.79. The average Bonchev–Trinajstić information content (AvgIpc) is 2.84. The van der Waals surface area contributed by atoms with Gasteiger partial charge in [-0.05, 0) is 76.0 Å². The van der Waals surface area contributed by atoms with E-state index in [0.717, 1.165) is 19.6 Å². The lowest BCUT2D eigenvalue weighted by atomic mass is 10.00. The molecule has 3 aromatic rings. The second-order valence-electron chi connectivity index (χ2n) is 7.89. The molecular weight excluding hydrogens is 562 g/mol. The van der Waals surface area contributed by atoms with Gasteiger partial charge in [0.1, 0.15) is 17.1 Å². The molecule has 0 aromatic heterocycles. The van der Waals surface area contributed by atoms with Gasteiger partial charge in [-0.2, -0.15) is 0 Å². The van der Waals surface area contributed by atoms with Crippen LogP contribution in [0.1, 0.15) is 29.2 Å². The van der Waals surface area contributed by atoms with E-state index in [0.29, 0.717) is 35.4 Å². The Morgan fingerprint density at radius 2 is 1.71 bits per heavy atom. The zero-order valence-electron chi connectivity index (χ0n) is 19.1. The fourth-order valence-electron chi connectivity index (χ4n) is 3.97. The van der Waals surface area contributed by atoms with Gasteiger partial charge in [-0.1, -0.05) is 43.3 Å². The van der Waals surface area contributed by atoms with E-state index in [4.69, 9.17) is 4.74 Å². The van der Waals surface area contributed by atoms with Gasteiger partial charge in [0.05, 0.1) is 12.8 Å². The first-order valence-corrected chi connectivity index (χ1v) is 12.0. The van der Waals surface area contributed by atoms with Crippen molar-refractivity contribution in [3.8, 4) is 5.75 Å². The highest BCUT2D eigenvalue weighted by atomic mass is 127. The van der Waals surface area contributed by atoms with Crippen LogP contribution in [0, 0.1) is 9.39 Å². The Kier molecular flexibility index (Phi) is 7.30. The van der Waals surface area contributed by atoms with E-state index in [9.17, 15) is 18.8 Å². The van der Waals surface area contributed by atoms with Crippen LogP contribution in [0.25, 0.3) is 6.08 Å². The van der Waals surface area contributed by atoms with Crippen molar-refractivity contribution >= 4 is 52.2 Å². The molecule has 178 valence electrons. The van der Waals surface area contributed by atoms with E-state index in [2.05, 4.69) is 27.9 Å². The summed E-state index contributed by atoms with van der Waals surface area (Å²) in [6, 6.07) is 16.3. The van der Waals surface area contributed by atoms with Crippen molar-refractivity contribution in [3.63, 3.8) is 0 Å². The zero-order chi connectivity index (χ0) is 25.1. The average molecular weight is 584 g/mol. The van der Waals surface area contributed by atoms with E-state index < -0.39 is 17.8 Å². The summed E-state index contributed by atoms with van der Waals surface area (Å²) in [6.07, 6.45) is 2.36. The molecule has 4 amide bonds. The molecule has 6 nitrogen and oxygen atoms in total. The summed E-state index contributed by atoms with van der Waals surface area (Å²) in [6.45, 7) is 1.92. The van der Waals surface area contributed by atoms with Crippen molar-refractivity contribution in [1.29, 1.82) is 0 Å². The summed E-state index contributed by atoms with van der Waals surface area (Å²) < 4.78 is 20.5. The Balaban J connectivity index is 1.73. The SMILES string of the molecule is CCc1ccccc1N1C(=O)NC(=O)/C(=C/c2cc(I)c(Cc3ccccc3F)c(OC)c2)C1=O. The molecule has 0 radical (unpaired) electrons. The molecular formula is C27H22FIN2O4. The second kappa shape index (κ2) is 10.4. The number of hydrogen-bond donors (Lipinski definition) is 1. The summed E-state index contributed by atoms with van der Waals surface area (Å²) in [5.41, 5.74) is 2.92. The first kappa shape index (κ1) is 24.6. The number of urea groups is 1. The van der Waals surface area contributed by atoms with Crippen LogP contribution in [0.3, 0.4) is 0 Å². The number of para-hydroxylation sites is 1. The van der Waals surface area contributed by atoms with Crippen LogP contribution < -0.4 is 15.0 Å². The number of nitrogens with zero attached hydrogens (tertiary/aromatic N) is 1. The van der Waals surface area contributed by atoms with Gasteiger partial charge in [0, 0.05) is 15.6 Å². The number of hydrogen-bond acceptors (Lipinski definition) is 4. The molecule has 8 heteroatoms. The molecule has 0 saturated carbocycles. The quantitative estimate of drug-likeness (QED) is 0.244. The number of benzene rings is 3. The lowest BCUT2D eigenvalue weighted by Gasteiger charge is -2.28. The monoisotopic (exact) mass is 584 g/mol. The summed E-state index contributed by atoms with van der Waals surface area (Å²) in [7, 11) is 1.51. The fraction of sp³-hybridized carbons (Fsp3) is 0.148. The lowest BCUT2D eigenvalue weighted by Crippen LogP contribution is -2.54. The number of ether oxygens (including phenoxy) is 1. The maximum Gasteiger partial charge on any atom is 0.335 e. The molecule has 1 aliphatic heterocycles. The molecule has 1 aliphatic rings. The van der Waals surface area contributed by atoms with Crippen LogP contribution in [0.5, 0.6) is 5.75 Å². The van der Waals surface area contributed by atoms with E-state index >= 15 is 0 Å². The molecule has 4 rings (SSSR count). The van der Waals surface area contributed by atoms with Gasteiger partial charge in [0.25, 0.3) is 11.8 Å². The smallest absolute Gasteiger partial charge is 0.335 e. The normalized spacial score (nSPS) is 14.9. The molecule has 0 unspecified atom stereocenters. The number of imide groups is 2. The van der Waals surface area contributed by atoms with E-state index in [1.165, 1.54) is 19.3 Å². The van der Waals surface area contributed by atoms with Crippen molar-refractivity contribution in [2.24, 2.45) is 0 Å². The van der Waals surface area contributed by atoms with E-state index in [-0.39, 0.29) is 11.4 Å². The summed E-state index contributed by atoms with van der Waals surface area (Å²) in [4.78, 5) is 39.5. The molecule has 0 bridgehead atoms. The van der Waals surface area contributed by atoms with Crippen LogP contribution in [0.4, 0.5) is 14.9 Å². The topological polar surface area (TPSA) is 75.7 Å². The number of methoxy groups -OCH3 is 1. The van der Waals surface area contributed by atoms with Crippen molar-refractivity contribution < 1.29 is 23.5 Å². The lowest BCUT2D eigenvalue weighted by molar-refractivity contribution is -0.122. The maximum absolute atomic E-state index is 14.2. The number of amides is 4. The predicted octanol–water partition coefficient (Wildman–Crippen LogP) is 5.26. The Labute approximate surface area is 215 Å². The molecule has 0 spiro atoms. The molecule has 3 aromatic carbocycles. The Morgan fingerprint density at radius 3 is 2.40 bits per heavy atom. The number of anilines is 1. The van der Waals surface area contributed by atoms with Crippen molar-refractivity contribution in [2.45, 2.75) is 19.8 Å². The number of carbonyl (C=O) groups is 3. The minimum Gasteiger partial charge on any atom is -0.496 e. The third-order valence-electron chi connectivity index (χ3n) is 5.75. The van der Waals surface area contributed by atoms with Crippen molar-refractivity contribution in [3.05, 3.63) is 97.9 Å². The number of halogens is 2. The maximum atomic E-state index is 14.2. The molecule has 1 N–H and O–H groups in total. The Hall–Kier alpha value is -3.53. The van der Waals surface area contributed by atoms with Gasteiger partial charge in [0.2, 0.25) is 0 Å². The molecule has 1 saturated heterocycles. The first-order valence-electron chi connectivity index (χ1n) is 10.9. The molecule has 35 heavy (non-hydrogen) atoms. The molecule has 0 aliphatic carbocycles.